The molecular formula is C16H25N5O8S. The highest BCUT2D eigenvalue weighted by Crippen LogP contribution is 2.25. The van der Waals surface area contributed by atoms with Crippen LogP contribution in [0.15, 0.2) is 0 Å². The van der Waals surface area contributed by atoms with E-state index in [2.05, 4.69) is 10.0 Å². The molecule has 2 rings (SSSR count). The van der Waals surface area contributed by atoms with E-state index >= 15 is 0 Å². The fourth-order valence-corrected chi connectivity index (χ4v) is 4.06. The van der Waals surface area contributed by atoms with Gasteiger partial charge in [-0.15, -0.1) is 0 Å². The van der Waals surface area contributed by atoms with Crippen LogP contribution in [0.3, 0.4) is 0 Å². The normalized spacial score (nSPS) is 23.6. The van der Waals surface area contributed by atoms with E-state index in [9.17, 15) is 32.4 Å². The molecule has 0 bridgehead atoms. The van der Waals surface area contributed by atoms with Crippen LogP contribution in [0.25, 0.3) is 0 Å². The maximum Gasteiger partial charge on any atom is 0.305 e. The lowest BCUT2D eigenvalue weighted by Gasteiger charge is -2.43. The molecule has 0 aromatic carbocycles. The summed E-state index contributed by atoms with van der Waals surface area (Å²) in [6.07, 6.45) is 0.00854. The Hall–Kier alpha value is -2.58. The monoisotopic (exact) mass is 447 g/mol. The van der Waals surface area contributed by atoms with Gasteiger partial charge in [-0.2, -0.15) is 17.4 Å². The molecular weight excluding hydrogens is 422 g/mol. The zero-order chi connectivity index (χ0) is 22.6. The van der Waals surface area contributed by atoms with Crippen molar-refractivity contribution >= 4 is 40.2 Å². The standard InChI is InChI=1S/C16H25N5O8S/c1-19(2)30(28,29)18-11-5-6-13(23)20-7-3-4-12(21(20)16(11)27)15(26)17-10(9-22)8-14(24)25/h9-12,18H,3-8H2,1-2H3,(H,17,26)(H,24,25)/t10?,11-,12?/m0/s1. The number of nitrogens with one attached hydrogen (secondary N) is 2. The summed E-state index contributed by atoms with van der Waals surface area (Å²) in [5.74, 6) is -3.30. The van der Waals surface area contributed by atoms with Crippen molar-refractivity contribution in [3.8, 4) is 0 Å². The Morgan fingerprint density at radius 1 is 1.30 bits per heavy atom. The van der Waals surface area contributed by atoms with E-state index in [1.54, 1.807) is 0 Å². The van der Waals surface area contributed by atoms with Crippen molar-refractivity contribution in [2.24, 2.45) is 0 Å². The molecule has 30 heavy (non-hydrogen) atoms. The largest absolute Gasteiger partial charge is 0.481 e. The molecule has 14 heteroatoms. The van der Waals surface area contributed by atoms with E-state index in [0.717, 1.165) is 14.3 Å². The van der Waals surface area contributed by atoms with Crippen LogP contribution in [-0.4, -0.2) is 96.6 Å². The van der Waals surface area contributed by atoms with Crippen LogP contribution in [0.2, 0.25) is 0 Å². The smallest absolute Gasteiger partial charge is 0.305 e. The molecule has 2 unspecified atom stereocenters. The molecule has 0 aromatic rings. The second-order valence-corrected chi connectivity index (χ2v) is 9.12. The maximum absolute atomic E-state index is 13.1. The van der Waals surface area contributed by atoms with E-state index in [0.29, 0.717) is 6.42 Å². The van der Waals surface area contributed by atoms with Gasteiger partial charge >= 0.3 is 5.97 Å². The van der Waals surface area contributed by atoms with Crippen molar-refractivity contribution in [1.82, 2.24) is 24.4 Å². The van der Waals surface area contributed by atoms with E-state index in [4.69, 9.17) is 5.11 Å². The molecule has 2 aliphatic rings. The topological polar surface area (TPSA) is 173 Å². The minimum atomic E-state index is -3.98. The summed E-state index contributed by atoms with van der Waals surface area (Å²) in [7, 11) is -1.43. The zero-order valence-electron chi connectivity index (χ0n) is 16.6. The van der Waals surface area contributed by atoms with Gasteiger partial charge < -0.3 is 15.2 Å². The van der Waals surface area contributed by atoms with E-state index in [1.807, 2.05) is 0 Å². The fraction of sp³-hybridized carbons (Fsp3) is 0.688. The van der Waals surface area contributed by atoms with E-state index in [1.165, 1.54) is 14.1 Å². The molecule has 3 amide bonds. The minimum Gasteiger partial charge on any atom is -0.481 e. The van der Waals surface area contributed by atoms with Crippen molar-refractivity contribution in [2.75, 3.05) is 20.6 Å². The third-order valence-electron chi connectivity index (χ3n) is 4.82. The molecule has 3 N–H and O–H groups in total. The van der Waals surface area contributed by atoms with Crippen molar-refractivity contribution < 1.29 is 37.5 Å². The van der Waals surface area contributed by atoms with Gasteiger partial charge in [0, 0.05) is 27.1 Å². The third-order valence-corrected chi connectivity index (χ3v) is 6.37. The third kappa shape index (κ3) is 5.31. The number of aliphatic carboxylic acids is 1. The first-order chi connectivity index (χ1) is 14.0. The number of carboxylic acid groups (broad SMARTS) is 1. The number of rotatable bonds is 8. The Labute approximate surface area is 173 Å². The van der Waals surface area contributed by atoms with Gasteiger partial charge in [0.15, 0.2) is 0 Å². The van der Waals surface area contributed by atoms with E-state index < -0.39 is 58.4 Å². The number of carboxylic acids is 1. The zero-order valence-corrected chi connectivity index (χ0v) is 17.4. The Bertz CT molecular complexity index is 829. The van der Waals surface area contributed by atoms with Gasteiger partial charge in [-0.1, -0.05) is 0 Å². The number of carbonyl (C=O) groups excluding carboxylic acids is 4. The second-order valence-electron chi connectivity index (χ2n) is 7.20. The molecule has 0 saturated carbocycles. The van der Waals surface area contributed by atoms with Gasteiger partial charge in [0.1, 0.15) is 18.4 Å². The lowest BCUT2D eigenvalue weighted by molar-refractivity contribution is -0.176. The van der Waals surface area contributed by atoms with Crippen molar-refractivity contribution in [1.29, 1.82) is 0 Å². The highest BCUT2D eigenvalue weighted by molar-refractivity contribution is 7.87. The van der Waals surface area contributed by atoms with Crippen LogP contribution in [-0.2, 0) is 34.2 Å². The van der Waals surface area contributed by atoms with Gasteiger partial charge in [-0.3, -0.25) is 24.2 Å². The van der Waals surface area contributed by atoms with Gasteiger partial charge in [0.05, 0.1) is 12.5 Å². The summed E-state index contributed by atoms with van der Waals surface area (Å²) in [5.41, 5.74) is 0. The van der Waals surface area contributed by atoms with Crippen LogP contribution >= 0.6 is 0 Å². The van der Waals surface area contributed by atoms with E-state index in [-0.39, 0.29) is 32.1 Å². The number of fused-ring (bicyclic) bond motifs is 1. The molecule has 2 aliphatic heterocycles. The number of carbonyl (C=O) groups is 5. The van der Waals surface area contributed by atoms with Crippen LogP contribution < -0.4 is 10.0 Å². The SMILES string of the molecule is CN(C)S(=O)(=O)N[C@H]1CCC(=O)N2CCCC(C(=O)NC(C=O)CC(=O)O)N2C1=O. The Balaban J connectivity index is 2.29. The van der Waals surface area contributed by atoms with Crippen LogP contribution in [0.4, 0.5) is 0 Å². The quantitative estimate of drug-likeness (QED) is 0.341. The molecule has 0 radical (unpaired) electrons. The molecule has 0 aromatic heterocycles. The highest BCUT2D eigenvalue weighted by atomic mass is 32.2. The summed E-state index contributed by atoms with van der Waals surface area (Å²) >= 11 is 0. The molecule has 168 valence electrons. The Kier molecular flexibility index (Phi) is 7.49. The van der Waals surface area contributed by atoms with Crippen molar-refractivity contribution in [3.05, 3.63) is 0 Å². The molecule has 0 spiro atoms. The lowest BCUT2D eigenvalue weighted by atomic mass is 10.1. The number of nitrogens with zero attached hydrogens (tertiary/aromatic N) is 3. The van der Waals surface area contributed by atoms with Crippen LogP contribution in [0.5, 0.6) is 0 Å². The molecule has 2 fully saturated rings. The van der Waals surface area contributed by atoms with Gasteiger partial charge in [-0.25, -0.2) is 5.01 Å². The summed E-state index contributed by atoms with van der Waals surface area (Å²) in [4.78, 5) is 60.3. The number of hydrogen-bond donors (Lipinski definition) is 3. The number of hydrogen-bond acceptors (Lipinski definition) is 7. The first-order valence-corrected chi connectivity index (χ1v) is 10.7. The molecule has 2 saturated heterocycles. The highest BCUT2D eigenvalue weighted by Gasteiger charge is 2.45. The summed E-state index contributed by atoms with van der Waals surface area (Å²) < 4.78 is 27.5. The first-order valence-electron chi connectivity index (χ1n) is 9.28. The molecule has 2 heterocycles. The summed E-state index contributed by atoms with van der Waals surface area (Å²) in [5, 5.41) is 13.2. The van der Waals surface area contributed by atoms with Crippen LogP contribution in [0, 0.1) is 0 Å². The number of amides is 3. The summed E-state index contributed by atoms with van der Waals surface area (Å²) in [6, 6.07) is -3.75. The summed E-state index contributed by atoms with van der Waals surface area (Å²) in [6.45, 7) is 0.174. The maximum atomic E-state index is 13.1. The molecule has 3 atom stereocenters. The average molecular weight is 447 g/mol. The predicted molar refractivity (Wildman–Crippen MR) is 101 cm³/mol. The van der Waals surface area contributed by atoms with Crippen molar-refractivity contribution in [2.45, 2.75) is 50.2 Å². The lowest BCUT2D eigenvalue weighted by Crippen LogP contribution is -2.64. The second kappa shape index (κ2) is 9.49. The van der Waals surface area contributed by atoms with Gasteiger partial charge in [-0.05, 0) is 19.3 Å². The predicted octanol–water partition coefficient (Wildman–Crippen LogP) is -2.56. The number of aldehydes is 1. The molecule has 13 nitrogen and oxygen atoms in total. The van der Waals surface area contributed by atoms with Crippen LogP contribution in [0.1, 0.15) is 32.1 Å². The van der Waals surface area contributed by atoms with Gasteiger partial charge in [0.2, 0.25) is 11.8 Å². The number of hydrazine groups is 1. The van der Waals surface area contributed by atoms with Crippen molar-refractivity contribution in [3.63, 3.8) is 0 Å². The molecule has 0 aliphatic carbocycles. The average Bonchev–Trinajstić information content (AvgIpc) is 2.78. The Morgan fingerprint density at radius 2 is 1.97 bits per heavy atom. The first kappa shape index (κ1) is 23.7. The minimum absolute atomic E-state index is 0.0813. The Morgan fingerprint density at radius 3 is 2.53 bits per heavy atom. The van der Waals surface area contributed by atoms with Gasteiger partial charge in [0.25, 0.3) is 16.1 Å². The fourth-order valence-electron chi connectivity index (χ4n) is 3.27.